The van der Waals surface area contributed by atoms with Crippen LogP contribution in [0, 0.1) is 18.3 Å². The molecule has 0 bridgehead atoms. The topological polar surface area (TPSA) is 64.1 Å². The van der Waals surface area contributed by atoms with Gasteiger partial charge >= 0.3 is 0 Å². The summed E-state index contributed by atoms with van der Waals surface area (Å²) >= 11 is 0. The van der Waals surface area contributed by atoms with E-state index in [0.717, 1.165) is 63.2 Å². The Labute approximate surface area is 162 Å². The molecule has 2 N–H and O–H groups in total. The molecule has 0 spiro atoms. The van der Waals surface area contributed by atoms with Gasteiger partial charge in [0, 0.05) is 36.6 Å². The molecule has 2 fully saturated rings. The van der Waals surface area contributed by atoms with E-state index in [9.17, 15) is 0 Å². The smallest absolute Gasteiger partial charge is 0.191 e. The van der Waals surface area contributed by atoms with Crippen LogP contribution in [0.15, 0.2) is 23.2 Å². The number of nitrogens with zero attached hydrogens (tertiary/aromatic N) is 1. The van der Waals surface area contributed by atoms with Crippen LogP contribution in [0.1, 0.15) is 31.4 Å². The zero-order chi connectivity index (χ0) is 19.1. The van der Waals surface area contributed by atoms with Crippen molar-refractivity contribution in [2.24, 2.45) is 16.3 Å². The quantitative estimate of drug-likeness (QED) is 0.540. The van der Waals surface area contributed by atoms with Gasteiger partial charge in [0.05, 0.1) is 33.0 Å². The van der Waals surface area contributed by atoms with Crippen molar-refractivity contribution >= 4 is 5.96 Å². The minimum Gasteiger partial charge on any atom is -0.493 e. The van der Waals surface area contributed by atoms with E-state index in [-0.39, 0.29) is 5.41 Å². The molecule has 2 aliphatic heterocycles. The van der Waals surface area contributed by atoms with Crippen LogP contribution in [-0.4, -0.2) is 52.1 Å². The van der Waals surface area contributed by atoms with E-state index < -0.39 is 0 Å². The van der Waals surface area contributed by atoms with Gasteiger partial charge in [-0.2, -0.15) is 0 Å². The van der Waals surface area contributed by atoms with Crippen molar-refractivity contribution in [3.63, 3.8) is 0 Å². The van der Waals surface area contributed by atoms with Crippen LogP contribution in [0.4, 0.5) is 0 Å². The molecule has 6 nitrogen and oxygen atoms in total. The van der Waals surface area contributed by atoms with Crippen LogP contribution < -0.4 is 15.4 Å². The van der Waals surface area contributed by atoms with Gasteiger partial charge in [0.1, 0.15) is 5.75 Å². The molecule has 150 valence electrons. The molecule has 1 atom stereocenters. The average Bonchev–Trinajstić information content (AvgIpc) is 3.15. The number of aliphatic imine (C=N–C) groups is 1. The fourth-order valence-corrected chi connectivity index (χ4v) is 3.20. The second kappa shape index (κ2) is 9.42. The Morgan fingerprint density at radius 2 is 2.15 bits per heavy atom. The Morgan fingerprint density at radius 1 is 1.30 bits per heavy atom. The van der Waals surface area contributed by atoms with Crippen molar-refractivity contribution in [2.45, 2.75) is 33.7 Å². The highest BCUT2D eigenvalue weighted by Crippen LogP contribution is 2.25. The fraction of sp³-hybridized carbons (Fsp3) is 0.667. The van der Waals surface area contributed by atoms with E-state index in [1.165, 1.54) is 5.56 Å². The van der Waals surface area contributed by atoms with Gasteiger partial charge in [-0.3, -0.25) is 0 Å². The molecule has 0 aliphatic carbocycles. The zero-order valence-electron chi connectivity index (χ0n) is 16.8. The minimum absolute atomic E-state index is 0.206. The third-order valence-electron chi connectivity index (χ3n) is 5.06. The molecular formula is C21H33N3O3. The van der Waals surface area contributed by atoms with Crippen molar-refractivity contribution in [3.8, 4) is 5.75 Å². The lowest BCUT2D eigenvalue weighted by Gasteiger charge is -2.38. The summed E-state index contributed by atoms with van der Waals surface area (Å²) in [5.74, 6) is 2.26. The zero-order valence-corrected chi connectivity index (χ0v) is 16.8. The van der Waals surface area contributed by atoms with E-state index in [0.29, 0.717) is 19.1 Å². The molecule has 6 heteroatoms. The van der Waals surface area contributed by atoms with E-state index >= 15 is 0 Å². The molecule has 1 unspecified atom stereocenters. The van der Waals surface area contributed by atoms with Gasteiger partial charge in [0.25, 0.3) is 0 Å². The summed E-state index contributed by atoms with van der Waals surface area (Å²) in [4.78, 5) is 4.76. The minimum atomic E-state index is 0.206. The number of benzene rings is 1. The third kappa shape index (κ3) is 5.84. The summed E-state index contributed by atoms with van der Waals surface area (Å²) in [5, 5.41) is 6.76. The normalized spacial score (nSPS) is 21.6. The molecule has 2 saturated heterocycles. The number of ether oxygens (including phenoxy) is 3. The molecule has 1 aromatic carbocycles. The van der Waals surface area contributed by atoms with Crippen molar-refractivity contribution in [3.05, 3.63) is 29.3 Å². The number of hydrogen-bond acceptors (Lipinski definition) is 4. The maximum absolute atomic E-state index is 6.13. The molecule has 0 amide bonds. The van der Waals surface area contributed by atoms with E-state index in [1.807, 2.05) is 0 Å². The van der Waals surface area contributed by atoms with Crippen molar-refractivity contribution < 1.29 is 14.2 Å². The lowest BCUT2D eigenvalue weighted by Crippen LogP contribution is -2.51. The van der Waals surface area contributed by atoms with E-state index in [1.54, 1.807) is 0 Å². The standard InChI is InChI=1S/C21H33N3O3/c1-4-22-20(24-13-21(3)14-26-15-21)23-10-18-6-5-16(2)9-19(18)27-12-17-7-8-25-11-17/h5-6,9,17H,4,7-8,10-15H2,1-3H3,(H2,22,23,24). The Hall–Kier alpha value is -1.79. The van der Waals surface area contributed by atoms with Crippen LogP contribution in [0.3, 0.4) is 0 Å². The summed E-state index contributed by atoms with van der Waals surface area (Å²) in [5.41, 5.74) is 2.51. The lowest BCUT2D eigenvalue weighted by atomic mass is 9.89. The van der Waals surface area contributed by atoms with Gasteiger partial charge in [-0.05, 0) is 31.9 Å². The van der Waals surface area contributed by atoms with Gasteiger partial charge in [0.15, 0.2) is 5.96 Å². The number of rotatable bonds is 8. The van der Waals surface area contributed by atoms with Crippen LogP contribution in [0.25, 0.3) is 0 Å². The van der Waals surface area contributed by atoms with E-state index in [4.69, 9.17) is 19.2 Å². The fourth-order valence-electron chi connectivity index (χ4n) is 3.20. The van der Waals surface area contributed by atoms with Crippen molar-refractivity contribution in [1.29, 1.82) is 0 Å². The van der Waals surface area contributed by atoms with E-state index in [2.05, 4.69) is 49.6 Å². The maximum Gasteiger partial charge on any atom is 0.191 e. The first-order valence-corrected chi connectivity index (χ1v) is 9.98. The Balaban J connectivity index is 1.61. The first-order chi connectivity index (χ1) is 13.1. The van der Waals surface area contributed by atoms with Crippen molar-refractivity contribution in [1.82, 2.24) is 10.6 Å². The molecule has 27 heavy (non-hydrogen) atoms. The Kier molecular flexibility index (Phi) is 6.96. The molecule has 3 rings (SSSR count). The predicted octanol–water partition coefficient (Wildman–Crippen LogP) is 2.50. The van der Waals surface area contributed by atoms with Crippen LogP contribution in [0.5, 0.6) is 5.75 Å². The molecule has 0 radical (unpaired) electrons. The highest BCUT2D eigenvalue weighted by Gasteiger charge is 2.33. The largest absolute Gasteiger partial charge is 0.493 e. The van der Waals surface area contributed by atoms with Gasteiger partial charge in [-0.1, -0.05) is 19.1 Å². The Morgan fingerprint density at radius 3 is 2.81 bits per heavy atom. The molecule has 1 aromatic rings. The highest BCUT2D eigenvalue weighted by molar-refractivity contribution is 5.79. The first kappa shape index (κ1) is 20.0. The van der Waals surface area contributed by atoms with Gasteiger partial charge in [-0.15, -0.1) is 0 Å². The summed E-state index contributed by atoms with van der Waals surface area (Å²) in [6.07, 6.45) is 1.08. The summed E-state index contributed by atoms with van der Waals surface area (Å²) in [6, 6.07) is 6.33. The first-order valence-electron chi connectivity index (χ1n) is 9.98. The number of aryl methyl sites for hydroxylation is 1. The second-order valence-corrected chi connectivity index (χ2v) is 8.00. The monoisotopic (exact) mass is 375 g/mol. The molecule has 2 aliphatic rings. The van der Waals surface area contributed by atoms with Crippen LogP contribution in [0.2, 0.25) is 0 Å². The van der Waals surface area contributed by atoms with Gasteiger partial charge in [0.2, 0.25) is 0 Å². The Bertz CT molecular complexity index is 638. The summed E-state index contributed by atoms with van der Waals surface area (Å²) in [7, 11) is 0. The highest BCUT2D eigenvalue weighted by atomic mass is 16.5. The van der Waals surface area contributed by atoms with Gasteiger partial charge < -0.3 is 24.8 Å². The molecule has 2 heterocycles. The molecule has 0 saturated carbocycles. The SMILES string of the molecule is CCNC(=NCc1ccc(C)cc1OCC1CCOC1)NCC1(C)COC1. The number of guanidine groups is 1. The average molecular weight is 376 g/mol. The molecule has 0 aromatic heterocycles. The molecular weight excluding hydrogens is 342 g/mol. The number of hydrogen-bond donors (Lipinski definition) is 2. The van der Waals surface area contributed by atoms with Crippen molar-refractivity contribution in [2.75, 3.05) is 46.1 Å². The third-order valence-corrected chi connectivity index (χ3v) is 5.06. The van der Waals surface area contributed by atoms with Gasteiger partial charge in [-0.25, -0.2) is 4.99 Å². The predicted molar refractivity (Wildman–Crippen MR) is 107 cm³/mol. The second-order valence-electron chi connectivity index (χ2n) is 8.00. The lowest BCUT2D eigenvalue weighted by molar-refractivity contribution is -0.0971. The van der Waals surface area contributed by atoms with Crippen LogP contribution >= 0.6 is 0 Å². The summed E-state index contributed by atoms with van der Waals surface area (Å²) in [6.45, 7) is 12.6. The maximum atomic E-state index is 6.13. The number of nitrogens with one attached hydrogen (secondary N) is 2. The van der Waals surface area contributed by atoms with Crippen LogP contribution in [-0.2, 0) is 16.0 Å². The summed E-state index contributed by atoms with van der Waals surface area (Å²) < 4.78 is 16.9.